The molecular formula is C25H20BrN3OS. The average Bonchev–Trinajstić information content (AvgIpc) is 2.81. The molecule has 0 aliphatic heterocycles. The number of fused-ring (bicyclic) bond motifs is 1. The predicted octanol–water partition coefficient (Wildman–Crippen LogP) is 6.44. The quantitative estimate of drug-likeness (QED) is 0.192. The van der Waals surface area contributed by atoms with Crippen LogP contribution in [0.4, 0.5) is 0 Å². The Morgan fingerprint density at radius 2 is 1.68 bits per heavy atom. The molecule has 0 saturated heterocycles. The molecule has 0 aliphatic carbocycles. The van der Waals surface area contributed by atoms with Gasteiger partial charge in [0, 0.05) is 32.3 Å². The first kappa shape index (κ1) is 21.3. The molecule has 4 nitrogen and oxygen atoms in total. The molecule has 1 heterocycles. The summed E-state index contributed by atoms with van der Waals surface area (Å²) in [5.74, 6) is 0.576. The number of hydrogen-bond donors (Lipinski definition) is 1. The van der Waals surface area contributed by atoms with E-state index in [1.165, 1.54) is 0 Å². The summed E-state index contributed by atoms with van der Waals surface area (Å²) >= 11 is 5.16. The first-order valence-corrected chi connectivity index (χ1v) is 11.5. The second-order valence-electron chi connectivity index (χ2n) is 6.96. The molecule has 6 heteroatoms. The summed E-state index contributed by atoms with van der Waals surface area (Å²) in [6, 6.07) is 25.6. The second-order valence-corrected chi connectivity index (χ2v) is 8.89. The Balaban J connectivity index is 1.38. The fourth-order valence-electron chi connectivity index (χ4n) is 3.06. The number of aromatic nitrogens is 1. The van der Waals surface area contributed by atoms with Crippen molar-refractivity contribution in [2.75, 3.05) is 0 Å². The van der Waals surface area contributed by atoms with Gasteiger partial charge in [0.15, 0.2) is 0 Å². The maximum absolute atomic E-state index is 12.4. The lowest BCUT2D eigenvalue weighted by molar-refractivity contribution is 0.0955. The van der Waals surface area contributed by atoms with Crippen LogP contribution < -0.4 is 5.43 Å². The summed E-state index contributed by atoms with van der Waals surface area (Å²) in [6.07, 6.45) is 1.82. The molecular weight excluding hydrogens is 470 g/mol. The molecule has 31 heavy (non-hydrogen) atoms. The smallest absolute Gasteiger partial charge is 0.267 e. The third kappa shape index (κ3) is 5.40. The van der Waals surface area contributed by atoms with Crippen molar-refractivity contribution >= 4 is 50.2 Å². The minimum Gasteiger partial charge on any atom is -0.267 e. The highest BCUT2D eigenvalue weighted by molar-refractivity contribution is 9.10. The number of nitrogens with one attached hydrogen (secondary N) is 1. The number of para-hydroxylation sites is 1. The third-order valence-corrected chi connectivity index (χ3v) is 6.44. The number of pyridine rings is 1. The minimum atomic E-state index is -0.228. The maximum atomic E-state index is 12.4. The van der Waals surface area contributed by atoms with Crippen LogP contribution in [0.2, 0.25) is 0 Å². The van der Waals surface area contributed by atoms with E-state index in [2.05, 4.69) is 55.7 Å². The van der Waals surface area contributed by atoms with Crippen LogP contribution in [0.1, 0.15) is 28.4 Å². The fraction of sp³-hybridized carbons (Fsp3) is 0.0800. The van der Waals surface area contributed by atoms with Gasteiger partial charge in [-0.1, -0.05) is 58.4 Å². The molecule has 0 fully saturated rings. The normalized spacial score (nSPS) is 11.5. The van der Waals surface area contributed by atoms with E-state index < -0.39 is 0 Å². The molecule has 4 rings (SSSR count). The Bertz CT molecular complexity index is 1230. The van der Waals surface area contributed by atoms with E-state index >= 15 is 0 Å². The van der Waals surface area contributed by atoms with Gasteiger partial charge < -0.3 is 0 Å². The Labute approximate surface area is 193 Å². The van der Waals surface area contributed by atoms with Crippen molar-refractivity contribution in [1.82, 2.24) is 10.4 Å². The zero-order valence-corrected chi connectivity index (χ0v) is 19.3. The molecule has 0 atom stereocenters. The number of hydrazone groups is 1. The molecule has 0 saturated carbocycles. The van der Waals surface area contributed by atoms with Gasteiger partial charge in [-0.2, -0.15) is 5.10 Å². The van der Waals surface area contributed by atoms with E-state index in [9.17, 15) is 4.79 Å². The molecule has 3 aromatic carbocycles. The van der Waals surface area contributed by atoms with Crippen molar-refractivity contribution in [2.45, 2.75) is 17.6 Å². The summed E-state index contributed by atoms with van der Waals surface area (Å²) in [5.41, 5.74) is 7.08. The van der Waals surface area contributed by atoms with Gasteiger partial charge in [-0.05, 0) is 54.4 Å². The highest BCUT2D eigenvalue weighted by atomic mass is 79.9. The van der Waals surface area contributed by atoms with Crippen LogP contribution in [0.3, 0.4) is 0 Å². The molecule has 0 unspecified atom stereocenters. The second kappa shape index (κ2) is 9.90. The summed E-state index contributed by atoms with van der Waals surface area (Å²) in [7, 11) is 0. The van der Waals surface area contributed by atoms with Crippen molar-refractivity contribution in [1.29, 1.82) is 0 Å². The van der Waals surface area contributed by atoms with Gasteiger partial charge in [-0.3, -0.25) is 9.78 Å². The van der Waals surface area contributed by atoms with Crippen LogP contribution in [-0.4, -0.2) is 16.6 Å². The summed E-state index contributed by atoms with van der Waals surface area (Å²) in [4.78, 5) is 18.1. The van der Waals surface area contributed by atoms with E-state index in [1.807, 2.05) is 67.7 Å². The summed E-state index contributed by atoms with van der Waals surface area (Å²) < 4.78 is 1.00. The number of thioether (sulfide) groups is 1. The first-order valence-electron chi connectivity index (χ1n) is 9.76. The van der Waals surface area contributed by atoms with Gasteiger partial charge in [0.1, 0.15) is 0 Å². The van der Waals surface area contributed by atoms with Crippen molar-refractivity contribution in [3.05, 3.63) is 106 Å². The number of hydrogen-bond acceptors (Lipinski definition) is 4. The summed E-state index contributed by atoms with van der Waals surface area (Å²) in [6.45, 7) is 1.87. The van der Waals surface area contributed by atoms with Crippen LogP contribution in [0, 0.1) is 0 Å². The van der Waals surface area contributed by atoms with E-state index in [0.717, 1.165) is 42.9 Å². The Kier molecular flexibility index (Phi) is 6.79. The van der Waals surface area contributed by atoms with Gasteiger partial charge in [0.2, 0.25) is 0 Å². The van der Waals surface area contributed by atoms with Gasteiger partial charge >= 0.3 is 0 Å². The molecule has 0 spiro atoms. The van der Waals surface area contributed by atoms with E-state index in [0.29, 0.717) is 5.56 Å². The first-order chi connectivity index (χ1) is 15.1. The largest absolute Gasteiger partial charge is 0.271 e. The number of carbonyl (C=O) groups excluding carboxylic acids is 1. The zero-order chi connectivity index (χ0) is 21.6. The lowest BCUT2D eigenvalue weighted by Gasteiger charge is -2.07. The third-order valence-electron chi connectivity index (χ3n) is 4.79. The van der Waals surface area contributed by atoms with Crippen LogP contribution >= 0.6 is 27.7 Å². The lowest BCUT2D eigenvalue weighted by atomic mass is 10.1. The van der Waals surface area contributed by atoms with E-state index in [1.54, 1.807) is 11.8 Å². The van der Waals surface area contributed by atoms with Crippen LogP contribution in [0.5, 0.6) is 0 Å². The van der Waals surface area contributed by atoms with Gasteiger partial charge in [-0.25, -0.2) is 5.43 Å². The number of rotatable bonds is 6. The molecule has 154 valence electrons. The number of halogens is 1. The topological polar surface area (TPSA) is 54.4 Å². The lowest BCUT2D eigenvalue weighted by Crippen LogP contribution is -2.19. The molecule has 1 amide bonds. The molecule has 0 bridgehead atoms. The average molecular weight is 490 g/mol. The monoisotopic (exact) mass is 489 g/mol. The minimum absolute atomic E-state index is 0.228. The number of carbonyl (C=O) groups is 1. The van der Waals surface area contributed by atoms with Crippen molar-refractivity contribution in [2.24, 2.45) is 5.10 Å². The predicted molar refractivity (Wildman–Crippen MR) is 132 cm³/mol. The zero-order valence-electron chi connectivity index (χ0n) is 16.9. The van der Waals surface area contributed by atoms with Gasteiger partial charge in [-0.15, -0.1) is 11.8 Å². The molecule has 0 radical (unpaired) electrons. The molecule has 1 N–H and O–H groups in total. The van der Waals surface area contributed by atoms with Crippen LogP contribution in [-0.2, 0) is 5.75 Å². The standard InChI is InChI=1S/C25H20BrN3OS/c1-17(19-11-13-22(26)14-12-19)28-29-25(30)21-9-7-18(8-10-21)16-31-23-6-2-4-20-5-3-15-27-24(20)23/h2-15H,16H2,1H3,(H,29,30)/b28-17+. The van der Waals surface area contributed by atoms with E-state index in [-0.39, 0.29) is 5.91 Å². The van der Waals surface area contributed by atoms with Gasteiger partial charge in [0.05, 0.1) is 11.2 Å². The highest BCUT2D eigenvalue weighted by Gasteiger charge is 2.07. The number of amides is 1. The van der Waals surface area contributed by atoms with Crippen LogP contribution in [0.15, 0.2) is 99.5 Å². The van der Waals surface area contributed by atoms with E-state index in [4.69, 9.17) is 0 Å². The SMILES string of the molecule is C/C(=N\NC(=O)c1ccc(CSc2cccc3cccnc23)cc1)c1ccc(Br)cc1. The molecule has 4 aromatic rings. The van der Waals surface area contributed by atoms with Gasteiger partial charge in [0.25, 0.3) is 5.91 Å². The maximum Gasteiger partial charge on any atom is 0.271 e. The Morgan fingerprint density at radius 1 is 0.968 bits per heavy atom. The number of nitrogens with zero attached hydrogens (tertiary/aromatic N) is 2. The van der Waals surface area contributed by atoms with Crippen molar-refractivity contribution in [3.63, 3.8) is 0 Å². The molecule has 0 aliphatic rings. The fourth-order valence-corrected chi connectivity index (χ4v) is 4.32. The van der Waals surface area contributed by atoms with Crippen molar-refractivity contribution in [3.8, 4) is 0 Å². The Hall–Kier alpha value is -2.96. The van der Waals surface area contributed by atoms with Crippen LogP contribution in [0.25, 0.3) is 10.9 Å². The molecule has 1 aromatic heterocycles. The highest BCUT2D eigenvalue weighted by Crippen LogP contribution is 2.28. The summed E-state index contributed by atoms with van der Waals surface area (Å²) in [5, 5.41) is 5.36. The number of benzene rings is 3. The van der Waals surface area contributed by atoms with Crippen molar-refractivity contribution < 1.29 is 4.79 Å². The Morgan fingerprint density at radius 3 is 2.45 bits per heavy atom.